The van der Waals surface area contributed by atoms with E-state index < -0.39 is 0 Å². The predicted molar refractivity (Wildman–Crippen MR) is 111 cm³/mol. The molecule has 6 heteroatoms. The summed E-state index contributed by atoms with van der Waals surface area (Å²) in [6.45, 7) is 2.60. The van der Waals surface area contributed by atoms with E-state index in [4.69, 9.17) is 9.15 Å². The molecule has 1 fully saturated rings. The van der Waals surface area contributed by atoms with Gasteiger partial charge in [0.15, 0.2) is 11.3 Å². The molecule has 0 bridgehead atoms. The van der Waals surface area contributed by atoms with E-state index in [0.717, 1.165) is 22.0 Å². The van der Waals surface area contributed by atoms with Crippen LogP contribution in [0.15, 0.2) is 63.9 Å². The van der Waals surface area contributed by atoms with Crippen molar-refractivity contribution in [3.8, 4) is 17.2 Å². The number of nitriles is 1. The van der Waals surface area contributed by atoms with Gasteiger partial charge in [-0.2, -0.15) is 5.26 Å². The summed E-state index contributed by atoms with van der Waals surface area (Å²) in [6.07, 6.45) is 1.63. The number of hydrogen-bond donors (Lipinski definition) is 0. The van der Waals surface area contributed by atoms with Crippen LogP contribution >= 0.6 is 0 Å². The molecule has 0 radical (unpaired) electrons. The molecule has 142 valence electrons. The number of pyridine rings is 1. The molecule has 2 aromatic carbocycles. The summed E-state index contributed by atoms with van der Waals surface area (Å²) in [4.78, 5) is 19.2. The highest BCUT2D eigenvalue weighted by Crippen LogP contribution is 2.32. The first-order chi connectivity index (χ1) is 14.2. The molecular formula is C23H17N3O3. The summed E-state index contributed by atoms with van der Waals surface area (Å²) in [5.41, 5.74) is 3.50. The fraction of sp³-hybridized carbons (Fsp3) is 0.174. The molecule has 3 heterocycles. The maximum atomic E-state index is 12.8. The highest BCUT2D eigenvalue weighted by atomic mass is 16.5. The van der Waals surface area contributed by atoms with Crippen LogP contribution in [0.5, 0.6) is 0 Å². The molecule has 1 aliphatic heterocycles. The van der Waals surface area contributed by atoms with E-state index in [9.17, 15) is 10.1 Å². The Morgan fingerprint density at radius 2 is 1.90 bits per heavy atom. The average Bonchev–Trinajstić information content (AvgIpc) is 2.78. The van der Waals surface area contributed by atoms with Gasteiger partial charge in [0.25, 0.3) is 0 Å². The zero-order chi connectivity index (χ0) is 19.8. The highest BCUT2D eigenvalue weighted by Gasteiger charge is 2.17. The number of para-hydroxylation sites is 1. The number of aromatic nitrogens is 1. The first-order valence-electron chi connectivity index (χ1n) is 9.43. The number of morpholine rings is 1. The van der Waals surface area contributed by atoms with E-state index in [1.54, 1.807) is 24.4 Å². The van der Waals surface area contributed by atoms with Crippen LogP contribution in [0.1, 0.15) is 5.56 Å². The molecule has 1 saturated heterocycles. The number of ether oxygens (including phenoxy) is 1. The zero-order valence-corrected chi connectivity index (χ0v) is 15.6. The Hall–Kier alpha value is -3.69. The summed E-state index contributed by atoms with van der Waals surface area (Å²) in [5.74, 6) is 0.559. The molecule has 0 unspecified atom stereocenters. The van der Waals surface area contributed by atoms with Crippen molar-refractivity contribution in [1.82, 2.24) is 4.98 Å². The fourth-order valence-corrected chi connectivity index (χ4v) is 3.74. The molecule has 6 nitrogen and oxygen atoms in total. The van der Waals surface area contributed by atoms with Gasteiger partial charge >= 0.3 is 0 Å². The van der Waals surface area contributed by atoms with Crippen LogP contribution in [0.4, 0.5) is 5.88 Å². The summed E-state index contributed by atoms with van der Waals surface area (Å²) in [7, 11) is 0. The van der Waals surface area contributed by atoms with Crippen molar-refractivity contribution in [3.05, 3.63) is 70.5 Å². The van der Waals surface area contributed by atoms with Crippen molar-refractivity contribution in [3.63, 3.8) is 0 Å². The lowest BCUT2D eigenvalue weighted by atomic mass is 10.00. The van der Waals surface area contributed by atoms with Gasteiger partial charge < -0.3 is 14.1 Å². The molecule has 5 rings (SSSR count). The van der Waals surface area contributed by atoms with Gasteiger partial charge in [0.1, 0.15) is 5.58 Å². The van der Waals surface area contributed by atoms with Crippen molar-refractivity contribution in [2.24, 2.45) is 0 Å². The molecule has 0 spiro atoms. The maximum absolute atomic E-state index is 12.8. The van der Waals surface area contributed by atoms with Crippen LogP contribution in [0.25, 0.3) is 33.0 Å². The standard InChI is InChI=1S/C23H17N3O3/c24-14-16-6-7-25-20-12-15(4-5-17(16)20)18-2-1-3-19-21(27)13-22(29-23(18)19)26-8-10-28-11-9-26/h1-7,12-13H,8-11H2. The molecule has 0 aliphatic carbocycles. The van der Waals surface area contributed by atoms with Crippen LogP contribution in [-0.2, 0) is 4.74 Å². The second kappa shape index (κ2) is 7.04. The van der Waals surface area contributed by atoms with Gasteiger partial charge in [0.05, 0.1) is 35.7 Å². The third-order valence-corrected chi connectivity index (χ3v) is 5.24. The normalized spacial score (nSPS) is 14.2. The first kappa shape index (κ1) is 17.4. The molecule has 0 amide bonds. The molecule has 4 aromatic rings. The molecule has 0 atom stereocenters. The predicted octanol–water partition coefficient (Wildman–Crippen LogP) is 3.72. The van der Waals surface area contributed by atoms with E-state index in [2.05, 4.69) is 11.1 Å². The lowest BCUT2D eigenvalue weighted by molar-refractivity contribution is 0.121. The molecule has 2 aromatic heterocycles. The topological polar surface area (TPSA) is 79.4 Å². The number of rotatable bonds is 2. The van der Waals surface area contributed by atoms with E-state index in [-0.39, 0.29) is 5.43 Å². The van der Waals surface area contributed by atoms with Crippen molar-refractivity contribution >= 4 is 27.8 Å². The molecule has 29 heavy (non-hydrogen) atoms. The summed E-state index contributed by atoms with van der Waals surface area (Å²) in [5, 5.41) is 10.6. The van der Waals surface area contributed by atoms with E-state index in [1.807, 2.05) is 35.2 Å². The number of fused-ring (bicyclic) bond motifs is 2. The van der Waals surface area contributed by atoms with Crippen LogP contribution in [0, 0.1) is 11.3 Å². The molecule has 1 aliphatic rings. The van der Waals surface area contributed by atoms with Crippen LogP contribution < -0.4 is 10.3 Å². The van der Waals surface area contributed by atoms with Crippen molar-refractivity contribution in [2.45, 2.75) is 0 Å². The van der Waals surface area contributed by atoms with Crippen molar-refractivity contribution in [2.75, 3.05) is 31.2 Å². The number of nitrogens with zero attached hydrogens (tertiary/aromatic N) is 3. The lowest BCUT2D eigenvalue weighted by Crippen LogP contribution is -2.36. The van der Waals surface area contributed by atoms with Gasteiger partial charge in [-0.05, 0) is 23.8 Å². The van der Waals surface area contributed by atoms with E-state index in [1.165, 1.54) is 0 Å². The number of hydrogen-bond acceptors (Lipinski definition) is 6. The zero-order valence-electron chi connectivity index (χ0n) is 15.6. The summed E-state index contributed by atoms with van der Waals surface area (Å²) < 4.78 is 11.6. The van der Waals surface area contributed by atoms with Crippen LogP contribution in [0.3, 0.4) is 0 Å². The van der Waals surface area contributed by atoms with Crippen LogP contribution in [-0.4, -0.2) is 31.3 Å². The smallest absolute Gasteiger partial charge is 0.200 e. The van der Waals surface area contributed by atoms with Gasteiger partial charge in [0, 0.05) is 36.3 Å². The number of anilines is 1. The summed E-state index contributed by atoms with van der Waals surface area (Å²) in [6, 6.07) is 16.8. The highest BCUT2D eigenvalue weighted by molar-refractivity contribution is 5.96. The maximum Gasteiger partial charge on any atom is 0.200 e. The Morgan fingerprint density at radius 3 is 2.72 bits per heavy atom. The first-order valence-corrected chi connectivity index (χ1v) is 9.43. The van der Waals surface area contributed by atoms with Gasteiger partial charge in [-0.15, -0.1) is 0 Å². The monoisotopic (exact) mass is 383 g/mol. The molecule has 0 N–H and O–H groups in total. The molecular weight excluding hydrogens is 366 g/mol. The molecule has 0 saturated carbocycles. The van der Waals surface area contributed by atoms with E-state index >= 15 is 0 Å². The third-order valence-electron chi connectivity index (χ3n) is 5.24. The van der Waals surface area contributed by atoms with Gasteiger partial charge in [-0.25, -0.2) is 0 Å². The Labute approximate surface area is 166 Å². The third kappa shape index (κ3) is 3.02. The van der Waals surface area contributed by atoms with Gasteiger partial charge in [0.2, 0.25) is 0 Å². The Morgan fingerprint density at radius 1 is 1.03 bits per heavy atom. The number of benzene rings is 2. The minimum absolute atomic E-state index is 0.0692. The fourth-order valence-electron chi connectivity index (χ4n) is 3.74. The Kier molecular flexibility index (Phi) is 4.23. The second-order valence-electron chi connectivity index (χ2n) is 6.93. The largest absolute Gasteiger partial charge is 0.440 e. The van der Waals surface area contributed by atoms with Crippen molar-refractivity contribution < 1.29 is 9.15 Å². The SMILES string of the molecule is N#Cc1ccnc2cc(-c3cccc4c(=O)cc(N5CCOCC5)oc34)ccc12. The second-order valence-corrected chi connectivity index (χ2v) is 6.93. The Balaban J connectivity index is 1.70. The van der Waals surface area contributed by atoms with Crippen LogP contribution in [0.2, 0.25) is 0 Å². The van der Waals surface area contributed by atoms with Crippen molar-refractivity contribution in [1.29, 1.82) is 5.26 Å². The lowest BCUT2D eigenvalue weighted by Gasteiger charge is -2.27. The van der Waals surface area contributed by atoms with Gasteiger partial charge in [-0.1, -0.05) is 24.3 Å². The Bertz CT molecular complexity index is 1330. The minimum Gasteiger partial charge on any atom is -0.440 e. The summed E-state index contributed by atoms with van der Waals surface area (Å²) >= 11 is 0. The van der Waals surface area contributed by atoms with E-state index in [0.29, 0.717) is 48.7 Å². The van der Waals surface area contributed by atoms with Gasteiger partial charge in [-0.3, -0.25) is 9.78 Å². The average molecular weight is 383 g/mol. The minimum atomic E-state index is -0.0692. The quantitative estimate of drug-likeness (QED) is 0.525.